The largest absolute Gasteiger partial charge is 0.325 e. The molecule has 0 bridgehead atoms. The van der Waals surface area contributed by atoms with Crippen LogP contribution in [0.25, 0.3) is 5.82 Å². The molecule has 4 heteroatoms. The van der Waals surface area contributed by atoms with Gasteiger partial charge in [-0.25, -0.2) is 9.97 Å². The van der Waals surface area contributed by atoms with Crippen LogP contribution in [0.1, 0.15) is 11.3 Å². The summed E-state index contributed by atoms with van der Waals surface area (Å²) in [5.41, 5.74) is 7.52. The van der Waals surface area contributed by atoms with Gasteiger partial charge >= 0.3 is 0 Å². The Hall–Kier alpha value is -1.68. The van der Waals surface area contributed by atoms with Crippen LogP contribution in [0.2, 0.25) is 0 Å². The third-order valence-electron chi connectivity index (χ3n) is 2.01. The summed E-state index contributed by atoms with van der Waals surface area (Å²) < 4.78 is 1.87. The van der Waals surface area contributed by atoms with Crippen molar-refractivity contribution >= 4 is 0 Å². The van der Waals surface area contributed by atoms with Crippen LogP contribution >= 0.6 is 0 Å². The molecule has 0 aliphatic rings. The second kappa shape index (κ2) is 3.59. The zero-order valence-corrected chi connectivity index (χ0v) is 8.01. The van der Waals surface area contributed by atoms with E-state index in [1.54, 1.807) is 12.5 Å². The molecule has 0 amide bonds. The highest BCUT2D eigenvalue weighted by Gasteiger charge is 1.99. The predicted octanol–water partition coefficient (Wildman–Crippen LogP) is 1.03. The molecular weight excluding hydrogens is 176 g/mol. The Bertz CT molecular complexity index is 433. The van der Waals surface area contributed by atoms with E-state index in [0.29, 0.717) is 6.54 Å². The van der Waals surface area contributed by atoms with Crippen LogP contribution in [0.5, 0.6) is 0 Å². The smallest absolute Gasteiger partial charge is 0.138 e. The van der Waals surface area contributed by atoms with E-state index in [-0.39, 0.29) is 0 Å². The summed E-state index contributed by atoms with van der Waals surface area (Å²) in [6, 6.07) is 3.96. The van der Waals surface area contributed by atoms with Crippen LogP contribution in [0, 0.1) is 6.92 Å². The lowest BCUT2D eigenvalue weighted by Gasteiger charge is -2.00. The van der Waals surface area contributed by atoms with Crippen LogP contribution in [0.4, 0.5) is 0 Å². The predicted molar refractivity (Wildman–Crippen MR) is 54.0 cm³/mol. The summed E-state index contributed by atoms with van der Waals surface area (Å²) in [5, 5.41) is 0. The molecule has 2 N–H and O–H groups in total. The maximum Gasteiger partial charge on any atom is 0.138 e. The minimum atomic E-state index is 0.457. The van der Waals surface area contributed by atoms with Gasteiger partial charge in [0.15, 0.2) is 0 Å². The van der Waals surface area contributed by atoms with Crippen molar-refractivity contribution in [2.75, 3.05) is 0 Å². The van der Waals surface area contributed by atoms with Gasteiger partial charge in [-0.05, 0) is 24.6 Å². The molecule has 0 atom stereocenters. The monoisotopic (exact) mass is 188 g/mol. The van der Waals surface area contributed by atoms with Crippen LogP contribution in [0.15, 0.2) is 30.9 Å². The lowest BCUT2D eigenvalue weighted by atomic mass is 10.3. The Morgan fingerprint density at radius 2 is 2.29 bits per heavy atom. The summed E-state index contributed by atoms with van der Waals surface area (Å²) in [5.74, 6) is 0.872. The number of hydrogen-bond donors (Lipinski definition) is 1. The molecular formula is C10H12N4. The van der Waals surface area contributed by atoms with Gasteiger partial charge in [0.2, 0.25) is 0 Å². The molecule has 0 aliphatic carbocycles. The van der Waals surface area contributed by atoms with Gasteiger partial charge in [-0.1, -0.05) is 0 Å². The number of aryl methyl sites for hydroxylation is 1. The number of imidazole rings is 1. The van der Waals surface area contributed by atoms with Gasteiger partial charge in [-0.3, -0.25) is 4.57 Å². The quantitative estimate of drug-likeness (QED) is 0.766. The van der Waals surface area contributed by atoms with E-state index in [9.17, 15) is 0 Å². The van der Waals surface area contributed by atoms with E-state index in [4.69, 9.17) is 5.73 Å². The Labute approximate surface area is 82.4 Å². The fourth-order valence-corrected chi connectivity index (χ4v) is 1.26. The molecule has 0 fully saturated rings. The third kappa shape index (κ3) is 1.65. The topological polar surface area (TPSA) is 56.7 Å². The number of aromatic nitrogens is 3. The number of rotatable bonds is 2. The van der Waals surface area contributed by atoms with Gasteiger partial charge in [0.1, 0.15) is 12.1 Å². The van der Waals surface area contributed by atoms with Gasteiger partial charge < -0.3 is 5.73 Å². The van der Waals surface area contributed by atoms with Crippen molar-refractivity contribution in [1.29, 1.82) is 0 Å². The van der Waals surface area contributed by atoms with Crippen molar-refractivity contribution in [2.45, 2.75) is 13.5 Å². The average Bonchev–Trinajstić information content (AvgIpc) is 2.66. The minimum Gasteiger partial charge on any atom is -0.325 e. The first-order valence-corrected chi connectivity index (χ1v) is 4.45. The van der Waals surface area contributed by atoms with Crippen LogP contribution in [-0.4, -0.2) is 14.5 Å². The van der Waals surface area contributed by atoms with E-state index in [2.05, 4.69) is 9.97 Å². The molecule has 0 aliphatic heterocycles. The first kappa shape index (κ1) is 8.90. The average molecular weight is 188 g/mol. The third-order valence-corrected chi connectivity index (χ3v) is 2.01. The molecule has 2 rings (SSSR count). The molecule has 0 spiro atoms. The summed E-state index contributed by atoms with van der Waals surface area (Å²) in [6.07, 6.45) is 5.40. The van der Waals surface area contributed by atoms with Crippen molar-refractivity contribution in [1.82, 2.24) is 14.5 Å². The van der Waals surface area contributed by atoms with Crippen molar-refractivity contribution < 1.29 is 0 Å². The second-order valence-corrected chi connectivity index (χ2v) is 3.17. The minimum absolute atomic E-state index is 0.457. The van der Waals surface area contributed by atoms with E-state index in [0.717, 1.165) is 11.5 Å². The van der Waals surface area contributed by atoms with Gasteiger partial charge in [0.05, 0.1) is 5.69 Å². The number of pyridine rings is 1. The van der Waals surface area contributed by atoms with Gasteiger partial charge in [0.25, 0.3) is 0 Å². The molecule has 2 aromatic heterocycles. The SMILES string of the molecule is Cc1ccnc(-n2cnc(CN)c2)c1. The van der Waals surface area contributed by atoms with Crippen molar-refractivity contribution in [3.63, 3.8) is 0 Å². The Morgan fingerprint density at radius 1 is 1.43 bits per heavy atom. The van der Waals surface area contributed by atoms with Gasteiger partial charge in [-0.2, -0.15) is 0 Å². The fourth-order valence-electron chi connectivity index (χ4n) is 1.26. The van der Waals surface area contributed by atoms with E-state index in [1.807, 2.05) is 29.8 Å². The Balaban J connectivity index is 2.39. The number of nitrogens with zero attached hydrogens (tertiary/aromatic N) is 3. The number of nitrogens with two attached hydrogens (primary N) is 1. The molecule has 0 aromatic carbocycles. The van der Waals surface area contributed by atoms with Crippen molar-refractivity contribution in [2.24, 2.45) is 5.73 Å². The van der Waals surface area contributed by atoms with Gasteiger partial charge in [-0.15, -0.1) is 0 Å². The van der Waals surface area contributed by atoms with E-state index in [1.165, 1.54) is 5.56 Å². The molecule has 4 nitrogen and oxygen atoms in total. The molecule has 0 unspecified atom stereocenters. The summed E-state index contributed by atoms with van der Waals surface area (Å²) in [7, 11) is 0. The summed E-state index contributed by atoms with van der Waals surface area (Å²) in [6.45, 7) is 2.49. The zero-order chi connectivity index (χ0) is 9.97. The highest BCUT2D eigenvalue weighted by molar-refractivity contribution is 5.27. The molecule has 72 valence electrons. The lowest BCUT2D eigenvalue weighted by Crippen LogP contribution is -1.96. The lowest BCUT2D eigenvalue weighted by molar-refractivity contribution is 0.984. The Kier molecular flexibility index (Phi) is 2.28. The zero-order valence-electron chi connectivity index (χ0n) is 8.01. The molecule has 0 radical (unpaired) electrons. The normalized spacial score (nSPS) is 10.4. The molecule has 0 saturated heterocycles. The second-order valence-electron chi connectivity index (χ2n) is 3.17. The van der Waals surface area contributed by atoms with Crippen molar-refractivity contribution in [3.05, 3.63) is 42.1 Å². The van der Waals surface area contributed by atoms with E-state index >= 15 is 0 Å². The van der Waals surface area contributed by atoms with Crippen LogP contribution in [0.3, 0.4) is 0 Å². The van der Waals surface area contributed by atoms with Crippen LogP contribution < -0.4 is 5.73 Å². The maximum absolute atomic E-state index is 5.47. The van der Waals surface area contributed by atoms with Crippen LogP contribution in [-0.2, 0) is 6.54 Å². The highest BCUT2D eigenvalue weighted by Crippen LogP contribution is 2.07. The Morgan fingerprint density at radius 3 is 2.93 bits per heavy atom. The fraction of sp³-hybridized carbons (Fsp3) is 0.200. The number of hydrogen-bond acceptors (Lipinski definition) is 3. The standard InChI is InChI=1S/C10H12N4/c1-8-2-3-12-10(4-8)14-6-9(5-11)13-7-14/h2-4,6-7H,5,11H2,1H3. The summed E-state index contributed by atoms with van der Waals surface area (Å²) in [4.78, 5) is 8.38. The first-order valence-electron chi connectivity index (χ1n) is 4.45. The molecule has 2 aromatic rings. The highest BCUT2D eigenvalue weighted by atomic mass is 15.1. The molecule has 0 saturated carbocycles. The van der Waals surface area contributed by atoms with Gasteiger partial charge in [0, 0.05) is 18.9 Å². The summed E-state index contributed by atoms with van der Waals surface area (Å²) >= 11 is 0. The maximum atomic E-state index is 5.47. The molecule has 14 heavy (non-hydrogen) atoms. The van der Waals surface area contributed by atoms with E-state index < -0.39 is 0 Å². The first-order chi connectivity index (χ1) is 6.79. The van der Waals surface area contributed by atoms with Crippen molar-refractivity contribution in [3.8, 4) is 5.82 Å². The molecule has 2 heterocycles.